The van der Waals surface area contributed by atoms with Gasteiger partial charge in [-0.1, -0.05) is 78.4 Å². The van der Waals surface area contributed by atoms with Crippen LogP contribution in [0.25, 0.3) is 10.9 Å². The summed E-state index contributed by atoms with van der Waals surface area (Å²) in [6, 6.07) is 27.5. The lowest BCUT2D eigenvalue weighted by Crippen LogP contribution is -2.37. The first kappa shape index (κ1) is 24.7. The van der Waals surface area contributed by atoms with E-state index in [9.17, 15) is 4.79 Å². The predicted octanol–water partition coefficient (Wildman–Crippen LogP) is 6.08. The van der Waals surface area contributed by atoms with Crippen LogP contribution in [0, 0.1) is 6.92 Å². The second-order valence-corrected chi connectivity index (χ2v) is 9.66. The summed E-state index contributed by atoms with van der Waals surface area (Å²) < 4.78 is 2.30. The van der Waals surface area contributed by atoms with E-state index in [0.717, 1.165) is 18.7 Å². The van der Waals surface area contributed by atoms with Gasteiger partial charge < -0.3 is 14.4 Å². The molecule has 0 aliphatic heterocycles. The van der Waals surface area contributed by atoms with E-state index in [-0.39, 0.29) is 11.8 Å². The number of hydrogen-bond donors (Lipinski definition) is 0. The van der Waals surface area contributed by atoms with Gasteiger partial charge in [0.25, 0.3) is 0 Å². The van der Waals surface area contributed by atoms with Crippen molar-refractivity contribution in [3.05, 3.63) is 107 Å². The summed E-state index contributed by atoms with van der Waals surface area (Å²) in [4.78, 5) is 18.1. The van der Waals surface area contributed by atoms with Gasteiger partial charge in [-0.25, -0.2) is 0 Å². The zero-order valence-electron chi connectivity index (χ0n) is 21.4. The summed E-state index contributed by atoms with van der Waals surface area (Å²) in [6.07, 6.45) is 2.70. The molecule has 1 aromatic heterocycles. The number of aryl methyl sites for hydroxylation is 2. The SMILES string of the molecule is CCn1cc([C@@H](CC(=O)N(CCN(C)C)Cc2ccccc2)c2cccc(C)c2)c2ccccc21. The number of hydrogen-bond acceptors (Lipinski definition) is 2. The summed E-state index contributed by atoms with van der Waals surface area (Å²) >= 11 is 0. The molecular formula is C31H37N3O. The first-order valence-electron chi connectivity index (χ1n) is 12.6. The quantitative estimate of drug-likeness (QED) is 0.283. The van der Waals surface area contributed by atoms with Gasteiger partial charge in [-0.3, -0.25) is 4.79 Å². The standard InChI is InChI=1S/C31H37N3O/c1-5-33-23-29(27-16-9-10-17-30(27)33)28(26-15-11-12-24(2)20-26)21-31(35)34(19-18-32(3)4)22-25-13-7-6-8-14-25/h6-17,20,23,28H,5,18-19,21-22H2,1-4H3/t28-/m0/s1. The molecule has 4 aromatic rings. The van der Waals surface area contributed by atoms with Crippen molar-refractivity contribution in [3.63, 3.8) is 0 Å². The van der Waals surface area contributed by atoms with Gasteiger partial charge in [-0.2, -0.15) is 0 Å². The minimum absolute atomic E-state index is 0.00210. The molecule has 0 saturated carbocycles. The Morgan fingerprint density at radius 2 is 1.66 bits per heavy atom. The maximum absolute atomic E-state index is 13.9. The van der Waals surface area contributed by atoms with Crippen LogP contribution >= 0.6 is 0 Å². The zero-order chi connectivity index (χ0) is 24.8. The molecule has 0 N–H and O–H groups in total. The van der Waals surface area contributed by atoms with Gasteiger partial charge in [0.05, 0.1) is 0 Å². The van der Waals surface area contributed by atoms with Gasteiger partial charge in [0.2, 0.25) is 5.91 Å². The molecule has 4 rings (SSSR count). The van der Waals surface area contributed by atoms with Gasteiger partial charge >= 0.3 is 0 Å². The Labute approximate surface area is 209 Å². The van der Waals surface area contributed by atoms with Gasteiger partial charge in [-0.05, 0) is 50.7 Å². The fourth-order valence-corrected chi connectivity index (χ4v) is 4.83. The normalized spacial score (nSPS) is 12.3. The third kappa shape index (κ3) is 6.01. The van der Waals surface area contributed by atoms with E-state index in [0.29, 0.717) is 19.5 Å². The van der Waals surface area contributed by atoms with Crippen molar-refractivity contribution in [2.75, 3.05) is 27.2 Å². The number of fused-ring (bicyclic) bond motifs is 1. The van der Waals surface area contributed by atoms with E-state index in [1.807, 2.05) is 23.1 Å². The summed E-state index contributed by atoms with van der Waals surface area (Å²) in [5.41, 5.74) is 6.03. The summed E-state index contributed by atoms with van der Waals surface area (Å²) in [6.45, 7) is 7.37. The van der Waals surface area contributed by atoms with E-state index in [1.54, 1.807) is 0 Å². The molecule has 0 spiro atoms. The highest BCUT2D eigenvalue weighted by Crippen LogP contribution is 2.35. The van der Waals surface area contributed by atoms with Crippen LogP contribution in [0.3, 0.4) is 0 Å². The largest absolute Gasteiger partial charge is 0.347 e. The average molecular weight is 468 g/mol. The molecule has 3 aromatic carbocycles. The van der Waals surface area contributed by atoms with Crippen molar-refractivity contribution < 1.29 is 4.79 Å². The molecule has 4 nitrogen and oxygen atoms in total. The van der Waals surface area contributed by atoms with Crippen LogP contribution in [0.4, 0.5) is 0 Å². The Hall–Kier alpha value is -3.37. The van der Waals surface area contributed by atoms with Crippen LogP contribution in [0.1, 0.15) is 41.5 Å². The Balaban J connectivity index is 1.71. The van der Waals surface area contributed by atoms with Crippen molar-refractivity contribution in [2.24, 2.45) is 0 Å². The molecular weight excluding hydrogens is 430 g/mol. The molecule has 182 valence electrons. The molecule has 0 saturated heterocycles. The Kier molecular flexibility index (Phi) is 8.04. The second-order valence-electron chi connectivity index (χ2n) is 9.66. The van der Waals surface area contributed by atoms with Crippen molar-refractivity contribution >= 4 is 16.8 Å². The lowest BCUT2D eigenvalue weighted by atomic mass is 9.87. The third-order valence-electron chi connectivity index (χ3n) is 6.74. The van der Waals surface area contributed by atoms with Crippen LogP contribution in [-0.4, -0.2) is 47.5 Å². The average Bonchev–Trinajstić information content (AvgIpc) is 3.24. The van der Waals surface area contributed by atoms with Crippen LogP contribution in [0.5, 0.6) is 0 Å². The molecule has 0 radical (unpaired) electrons. The number of carbonyl (C=O) groups is 1. The summed E-state index contributed by atoms with van der Waals surface area (Å²) in [5.74, 6) is 0.188. The van der Waals surface area contributed by atoms with E-state index >= 15 is 0 Å². The first-order chi connectivity index (χ1) is 17.0. The molecule has 0 unspecified atom stereocenters. The number of nitrogens with zero attached hydrogens (tertiary/aromatic N) is 3. The third-order valence-corrected chi connectivity index (χ3v) is 6.74. The summed E-state index contributed by atoms with van der Waals surface area (Å²) in [7, 11) is 4.11. The highest BCUT2D eigenvalue weighted by Gasteiger charge is 2.25. The molecule has 4 heteroatoms. The lowest BCUT2D eigenvalue weighted by molar-refractivity contribution is -0.132. The highest BCUT2D eigenvalue weighted by molar-refractivity contribution is 5.86. The molecule has 35 heavy (non-hydrogen) atoms. The number of aromatic nitrogens is 1. The first-order valence-corrected chi connectivity index (χ1v) is 12.6. The number of likely N-dealkylation sites (N-methyl/N-ethyl adjacent to an activating group) is 1. The van der Waals surface area contributed by atoms with E-state index in [2.05, 4.69) is 104 Å². The van der Waals surface area contributed by atoms with E-state index in [1.165, 1.54) is 27.6 Å². The minimum atomic E-state index is -0.00210. The van der Waals surface area contributed by atoms with Crippen LogP contribution in [-0.2, 0) is 17.9 Å². The molecule has 1 heterocycles. The number of rotatable bonds is 10. The van der Waals surface area contributed by atoms with Crippen molar-refractivity contribution in [3.8, 4) is 0 Å². The number of carbonyl (C=O) groups excluding carboxylic acids is 1. The molecule has 0 aliphatic carbocycles. The fourth-order valence-electron chi connectivity index (χ4n) is 4.83. The number of amides is 1. The summed E-state index contributed by atoms with van der Waals surface area (Å²) in [5, 5.41) is 1.23. The van der Waals surface area contributed by atoms with Gasteiger partial charge in [0, 0.05) is 55.6 Å². The van der Waals surface area contributed by atoms with Crippen LogP contribution in [0.15, 0.2) is 85.1 Å². The molecule has 1 amide bonds. The minimum Gasteiger partial charge on any atom is -0.347 e. The monoisotopic (exact) mass is 467 g/mol. The Morgan fingerprint density at radius 3 is 2.37 bits per heavy atom. The number of para-hydroxylation sites is 1. The smallest absolute Gasteiger partial charge is 0.223 e. The molecule has 1 atom stereocenters. The molecule has 0 aliphatic rings. The Bertz CT molecular complexity index is 1260. The maximum Gasteiger partial charge on any atom is 0.223 e. The van der Waals surface area contributed by atoms with E-state index < -0.39 is 0 Å². The van der Waals surface area contributed by atoms with Crippen molar-refractivity contribution in [1.29, 1.82) is 0 Å². The van der Waals surface area contributed by atoms with E-state index in [4.69, 9.17) is 0 Å². The van der Waals surface area contributed by atoms with Crippen LogP contribution < -0.4 is 0 Å². The van der Waals surface area contributed by atoms with Gasteiger partial charge in [0.1, 0.15) is 0 Å². The zero-order valence-corrected chi connectivity index (χ0v) is 21.4. The molecule has 0 fully saturated rings. The molecule has 0 bridgehead atoms. The van der Waals surface area contributed by atoms with Gasteiger partial charge in [0.15, 0.2) is 0 Å². The number of benzene rings is 3. The maximum atomic E-state index is 13.9. The second kappa shape index (κ2) is 11.4. The van der Waals surface area contributed by atoms with Crippen LogP contribution in [0.2, 0.25) is 0 Å². The van der Waals surface area contributed by atoms with Crippen molar-refractivity contribution in [1.82, 2.24) is 14.4 Å². The highest BCUT2D eigenvalue weighted by atomic mass is 16.2. The topological polar surface area (TPSA) is 28.5 Å². The Morgan fingerprint density at radius 1 is 0.914 bits per heavy atom. The van der Waals surface area contributed by atoms with Crippen molar-refractivity contribution in [2.45, 2.75) is 39.3 Å². The lowest BCUT2D eigenvalue weighted by Gasteiger charge is -2.27. The fraction of sp³-hybridized carbons (Fsp3) is 0.323. The van der Waals surface area contributed by atoms with Gasteiger partial charge in [-0.15, -0.1) is 0 Å². The predicted molar refractivity (Wildman–Crippen MR) is 146 cm³/mol.